The number of aliphatic imine (C=N–C) groups is 1. The lowest BCUT2D eigenvalue weighted by molar-refractivity contribution is -0.115. The standard InChI is InChI=1S/C34H27NO2/c36-32(21-26-16-8-14-24-12-4-6-17-28(24)26)34-31(20-27(22-33(34)37)23-10-2-1-3-11-23)35-30-19-9-15-25-13-5-7-18-29(25)30/h1-19,27,36H,20-22H2. The molecular formula is C34H27NO2. The Balaban J connectivity index is 1.47. The summed E-state index contributed by atoms with van der Waals surface area (Å²) in [5.74, 6) is 0.0557. The molecule has 1 unspecified atom stereocenters. The van der Waals surface area contributed by atoms with Crippen molar-refractivity contribution in [2.45, 2.75) is 25.2 Å². The van der Waals surface area contributed by atoms with Gasteiger partial charge in [0.2, 0.25) is 0 Å². The van der Waals surface area contributed by atoms with Crippen molar-refractivity contribution in [3.05, 3.63) is 138 Å². The molecule has 1 N–H and O–H groups in total. The van der Waals surface area contributed by atoms with Gasteiger partial charge in [-0.05, 0) is 45.7 Å². The first-order chi connectivity index (χ1) is 18.2. The predicted molar refractivity (Wildman–Crippen MR) is 152 cm³/mol. The molecule has 3 heteroatoms. The van der Waals surface area contributed by atoms with E-state index in [0.29, 0.717) is 24.1 Å². The second kappa shape index (κ2) is 9.87. The van der Waals surface area contributed by atoms with E-state index in [1.54, 1.807) is 0 Å². The molecule has 0 heterocycles. The molecule has 37 heavy (non-hydrogen) atoms. The second-order valence-corrected chi connectivity index (χ2v) is 9.63. The number of nitrogens with zero attached hydrogens (tertiary/aromatic N) is 1. The van der Waals surface area contributed by atoms with Gasteiger partial charge in [-0.2, -0.15) is 0 Å². The molecule has 1 aliphatic rings. The molecule has 1 saturated carbocycles. The van der Waals surface area contributed by atoms with Gasteiger partial charge < -0.3 is 5.11 Å². The molecule has 1 aliphatic carbocycles. The van der Waals surface area contributed by atoms with E-state index in [1.807, 2.05) is 72.8 Å². The van der Waals surface area contributed by atoms with Crippen LogP contribution in [-0.4, -0.2) is 16.6 Å². The summed E-state index contributed by atoms with van der Waals surface area (Å²) in [4.78, 5) is 18.7. The molecule has 1 fully saturated rings. The molecular weight excluding hydrogens is 454 g/mol. The van der Waals surface area contributed by atoms with E-state index >= 15 is 0 Å². The Kier molecular flexibility index (Phi) is 6.11. The van der Waals surface area contributed by atoms with Crippen molar-refractivity contribution < 1.29 is 9.90 Å². The van der Waals surface area contributed by atoms with Gasteiger partial charge in [0.15, 0.2) is 5.78 Å². The van der Waals surface area contributed by atoms with Crippen LogP contribution in [0, 0.1) is 0 Å². The molecule has 0 aliphatic heterocycles. The van der Waals surface area contributed by atoms with Gasteiger partial charge in [0.05, 0.1) is 17.0 Å². The average Bonchev–Trinajstić information content (AvgIpc) is 2.94. The van der Waals surface area contributed by atoms with Crippen LogP contribution in [0.5, 0.6) is 0 Å². The Morgan fingerprint density at radius 1 is 0.703 bits per heavy atom. The number of Topliss-reactive ketones (excluding diaryl/α,β-unsaturated/α-hetero) is 1. The summed E-state index contributed by atoms with van der Waals surface area (Å²) >= 11 is 0. The zero-order valence-electron chi connectivity index (χ0n) is 20.5. The number of hydrogen-bond acceptors (Lipinski definition) is 3. The summed E-state index contributed by atoms with van der Waals surface area (Å²) in [6, 6.07) is 38.5. The number of carbonyl (C=O) groups is 1. The van der Waals surface area contributed by atoms with Crippen LogP contribution in [0.15, 0.2) is 132 Å². The molecule has 0 amide bonds. The second-order valence-electron chi connectivity index (χ2n) is 9.63. The minimum absolute atomic E-state index is 0.0246. The first-order valence-corrected chi connectivity index (χ1v) is 12.7. The van der Waals surface area contributed by atoms with E-state index in [0.717, 1.165) is 38.4 Å². The summed E-state index contributed by atoms with van der Waals surface area (Å²) < 4.78 is 0. The van der Waals surface area contributed by atoms with Crippen LogP contribution in [0.25, 0.3) is 21.5 Å². The molecule has 0 saturated heterocycles. The summed E-state index contributed by atoms with van der Waals surface area (Å²) in [5.41, 5.74) is 3.94. The van der Waals surface area contributed by atoms with Crippen molar-refractivity contribution in [2.24, 2.45) is 4.99 Å². The molecule has 5 aromatic carbocycles. The quantitative estimate of drug-likeness (QED) is 0.207. The molecule has 6 rings (SSSR count). The number of fused-ring (bicyclic) bond motifs is 2. The third kappa shape index (κ3) is 4.56. The lowest BCUT2D eigenvalue weighted by Gasteiger charge is -2.26. The number of benzene rings is 5. The summed E-state index contributed by atoms with van der Waals surface area (Å²) in [6.45, 7) is 0. The van der Waals surface area contributed by atoms with E-state index in [9.17, 15) is 9.90 Å². The van der Waals surface area contributed by atoms with Gasteiger partial charge in [-0.1, -0.05) is 109 Å². The van der Waals surface area contributed by atoms with Gasteiger partial charge in [0.25, 0.3) is 0 Å². The largest absolute Gasteiger partial charge is 0.511 e. The maximum Gasteiger partial charge on any atom is 0.168 e. The fourth-order valence-corrected chi connectivity index (χ4v) is 5.45. The van der Waals surface area contributed by atoms with E-state index in [2.05, 4.69) is 42.5 Å². The van der Waals surface area contributed by atoms with Gasteiger partial charge in [0, 0.05) is 18.2 Å². The number of hydrogen-bond donors (Lipinski definition) is 1. The minimum Gasteiger partial charge on any atom is -0.511 e. The van der Waals surface area contributed by atoms with Gasteiger partial charge in [-0.15, -0.1) is 0 Å². The normalized spacial score (nSPS) is 18.4. The molecule has 5 aromatic rings. The van der Waals surface area contributed by atoms with Crippen LogP contribution in [0.2, 0.25) is 0 Å². The average molecular weight is 482 g/mol. The fourth-order valence-electron chi connectivity index (χ4n) is 5.45. The van der Waals surface area contributed by atoms with E-state index in [1.165, 1.54) is 0 Å². The molecule has 0 radical (unpaired) electrons. The molecule has 3 nitrogen and oxygen atoms in total. The molecule has 0 bridgehead atoms. The van der Waals surface area contributed by atoms with Crippen molar-refractivity contribution in [1.82, 2.24) is 0 Å². The highest BCUT2D eigenvalue weighted by Crippen LogP contribution is 2.36. The predicted octanol–water partition coefficient (Wildman–Crippen LogP) is 8.27. The van der Waals surface area contributed by atoms with Gasteiger partial charge >= 0.3 is 0 Å². The van der Waals surface area contributed by atoms with Gasteiger partial charge in [-0.25, -0.2) is 0 Å². The third-order valence-electron chi connectivity index (χ3n) is 7.26. The topological polar surface area (TPSA) is 49.7 Å². The van der Waals surface area contributed by atoms with Crippen LogP contribution >= 0.6 is 0 Å². The Morgan fingerprint density at radius 2 is 1.32 bits per heavy atom. The van der Waals surface area contributed by atoms with E-state index in [4.69, 9.17) is 4.99 Å². The van der Waals surface area contributed by atoms with Crippen molar-refractivity contribution in [3.63, 3.8) is 0 Å². The van der Waals surface area contributed by atoms with Crippen molar-refractivity contribution in [2.75, 3.05) is 0 Å². The van der Waals surface area contributed by atoms with E-state index in [-0.39, 0.29) is 23.9 Å². The number of allylic oxidation sites excluding steroid dienone is 2. The van der Waals surface area contributed by atoms with Crippen molar-refractivity contribution in [1.29, 1.82) is 0 Å². The highest BCUT2D eigenvalue weighted by Gasteiger charge is 2.32. The molecule has 0 spiro atoms. The van der Waals surface area contributed by atoms with E-state index < -0.39 is 0 Å². The smallest absolute Gasteiger partial charge is 0.168 e. The maximum atomic E-state index is 13.6. The Morgan fingerprint density at radius 3 is 2.11 bits per heavy atom. The Hall–Kier alpha value is -4.50. The third-order valence-corrected chi connectivity index (χ3v) is 7.26. The van der Waals surface area contributed by atoms with Crippen LogP contribution < -0.4 is 0 Å². The Bertz CT molecular complexity index is 1670. The number of ketones is 1. The lowest BCUT2D eigenvalue weighted by Crippen LogP contribution is -2.27. The summed E-state index contributed by atoms with van der Waals surface area (Å²) in [5, 5.41) is 15.8. The van der Waals surface area contributed by atoms with Crippen molar-refractivity contribution >= 4 is 38.7 Å². The zero-order chi connectivity index (χ0) is 25.2. The summed E-state index contributed by atoms with van der Waals surface area (Å²) in [6.07, 6.45) is 1.23. The Labute approximate surface area is 216 Å². The first kappa shape index (κ1) is 22.9. The van der Waals surface area contributed by atoms with Gasteiger partial charge in [0.1, 0.15) is 5.76 Å². The SMILES string of the molecule is O=C1CC(c2ccccc2)CC(=Nc2cccc3ccccc23)C1=C(O)Cc1cccc2ccccc12. The first-order valence-electron chi connectivity index (χ1n) is 12.7. The minimum atomic E-state index is -0.0585. The highest BCUT2D eigenvalue weighted by molar-refractivity contribution is 6.25. The van der Waals surface area contributed by atoms with Crippen LogP contribution in [-0.2, 0) is 11.2 Å². The number of aliphatic hydroxyl groups is 1. The van der Waals surface area contributed by atoms with Crippen molar-refractivity contribution in [3.8, 4) is 0 Å². The summed E-state index contributed by atoms with van der Waals surface area (Å²) in [7, 11) is 0. The molecule has 0 aromatic heterocycles. The fraction of sp³-hybridized carbons (Fsp3) is 0.118. The number of rotatable bonds is 4. The van der Waals surface area contributed by atoms with Crippen LogP contribution in [0.3, 0.4) is 0 Å². The molecule has 180 valence electrons. The highest BCUT2D eigenvalue weighted by atomic mass is 16.3. The maximum absolute atomic E-state index is 13.6. The lowest BCUT2D eigenvalue weighted by atomic mass is 9.78. The molecule has 1 atom stereocenters. The monoisotopic (exact) mass is 481 g/mol. The number of carbonyl (C=O) groups excluding carboxylic acids is 1. The van der Waals surface area contributed by atoms with Crippen LogP contribution in [0.1, 0.15) is 29.9 Å². The number of aliphatic hydroxyl groups excluding tert-OH is 1. The van der Waals surface area contributed by atoms with Crippen LogP contribution in [0.4, 0.5) is 5.69 Å². The van der Waals surface area contributed by atoms with Gasteiger partial charge in [-0.3, -0.25) is 9.79 Å². The zero-order valence-corrected chi connectivity index (χ0v) is 20.5.